The van der Waals surface area contributed by atoms with Gasteiger partial charge in [0.25, 0.3) is 0 Å². The number of carboxylic acids is 1. The Balaban J connectivity index is 2.60. The second-order valence-corrected chi connectivity index (χ2v) is 3.87. The number of hydrogen-bond acceptors (Lipinski definition) is 3. The van der Waals surface area contributed by atoms with Crippen LogP contribution in [0.1, 0.15) is 25.7 Å². The number of carboxylic acid groups (broad SMARTS) is 1. The van der Waals surface area contributed by atoms with Gasteiger partial charge in [-0.3, -0.25) is 4.79 Å². The number of nitrogens with zero attached hydrogens (tertiary/aromatic N) is 1. The summed E-state index contributed by atoms with van der Waals surface area (Å²) in [6, 6.07) is 0.0460. The number of aliphatic carboxylic acids is 1. The smallest absolute Gasteiger partial charge is 0.328 e. The van der Waals surface area contributed by atoms with E-state index in [-0.39, 0.29) is 18.6 Å². The molecular formula is C11H17NO4. The van der Waals surface area contributed by atoms with Gasteiger partial charge in [0.2, 0.25) is 5.91 Å². The van der Waals surface area contributed by atoms with Gasteiger partial charge in [-0.1, -0.05) is 0 Å². The maximum absolute atomic E-state index is 11.7. The molecule has 5 nitrogen and oxygen atoms in total. The van der Waals surface area contributed by atoms with Crippen molar-refractivity contribution in [2.45, 2.75) is 31.7 Å². The topological polar surface area (TPSA) is 77.8 Å². The molecule has 0 aromatic heterocycles. The lowest BCUT2D eigenvalue weighted by molar-refractivity contribution is -0.133. The van der Waals surface area contributed by atoms with Crippen LogP contribution in [-0.4, -0.2) is 46.2 Å². The van der Waals surface area contributed by atoms with Crippen molar-refractivity contribution in [3.63, 3.8) is 0 Å². The maximum atomic E-state index is 11.7. The molecule has 1 rings (SSSR count). The summed E-state index contributed by atoms with van der Waals surface area (Å²) >= 11 is 0. The average Bonchev–Trinajstić information content (AvgIpc) is 2.27. The molecule has 1 saturated heterocycles. The fourth-order valence-corrected chi connectivity index (χ4v) is 1.98. The molecule has 16 heavy (non-hydrogen) atoms. The molecule has 1 aliphatic rings. The largest absolute Gasteiger partial charge is 0.478 e. The number of likely N-dealkylation sites (tertiary alicyclic amines) is 1. The fraction of sp³-hybridized carbons (Fsp3) is 0.636. The molecule has 1 atom stereocenters. The van der Waals surface area contributed by atoms with Gasteiger partial charge in [-0.15, -0.1) is 0 Å². The van der Waals surface area contributed by atoms with E-state index in [4.69, 9.17) is 10.2 Å². The zero-order valence-corrected chi connectivity index (χ0v) is 9.13. The fourth-order valence-electron chi connectivity index (χ4n) is 1.98. The molecule has 90 valence electrons. The summed E-state index contributed by atoms with van der Waals surface area (Å²) in [5.74, 6) is -1.40. The maximum Gasteiger partial charge on any atom is 0.328 e. The van der Waals surface area contributed by atoms with Crippen molar-refractivity contribution in [2.24, 2.45) is 0 Å². The van der Waals surface area contributed by atoms with Crippen LogP contribution in [0.3, 0.4) is 0 Å². The van der Waals surface area contributed by atoms with Crippen molar-refractivity contribution >= 4 is 11.9 Å². The summed E-state index contributed by atoms with van der Waals surface area (Å²) < 4.78 is 0. The minimum absolute atomic E-state index is 0.0460. The van der Waals surface area contributed by atoms with E-state index in [9.17, 15) is 9.59 Å². The quantitative estimate of drug-likeness (QED) is 0.681. The summed E-state index contributed by atoms with van der Waals surface area (Å²) in [5, 5.41) is 17.3. The van der Waals surface area contributed by atoms with Crippen molar-refractivity contribution in [1.29, 1.82) is 0 Å². The second-order valence-electron chi connectivity index (χ2n) is 3.87. The monoisotopic (exact) mass is 227 g/mol. The van der Waals surface area contributed by atoms with Crippen molar-refractivity contribution < 1.29 is 19.8 Å². The standard InChI is InChI=1S/C11H17NO4/c13-8-6-9-3-1-2-7-12(9)10(14)4-5-11(15)16/h4-5,9,13H,1-3,6-8H2,(H,15,16). The first-order chi connectivity index (χ1) is 7.65. The normalized spacial score (nSPS) is 21.3. The van der Waals surface area contributed by atoms with Crippen LogP contribution in [0.25, 0.3) is 0 Å². The predicted octanol–water partition coefficient (Wildman–Crippen LogP) is 0.391. The minimum atomic E-state index is -1.12. The highest BCUT2D eigenvalue weighted by atomic mass is 16.4. The van der Waals surface area contributed by atoms with Gasteiger partial charge in [-0.25, -0.2) is 4.79 Å². The van der Waals surface area contributed by atoms with Gasteiger partial charge in [0.15, 0.2) is 0 Å². The molecule has 0 saturated carbocycles. The first-order valence-corrected chi connectivity index (χ1v) is 5.47. The lowest BCUT2D eigenvalue weighted by Crippen LogP contribution is -2.43. The summed E-state index contributed by atoms with van der Waals surface area (Å²) in [5.41, 5.74) is 0. The number of carbonyl (C=O) groups is 2. The number of piperidine rings is 1. The second kappa shape index (κ2) is 6.27. The van der Waals surface area contributed by atoms with Gasteiger partial charge in [0.05, 0.1) is 0 Å². The highest BCUT2D eigenvalue weighted by Crippen LogP contribution is 2.19. The summed E-state index contributed by atoms with van der Waals surface area (Å²) in [7, 11) is 0. The summed E-state index contributed by atoms with van der Waals surface area (Å²) in [6.45, 7) is 0.699. The molecule has 0 aromatic carbocycles. The van der Waals surface area contributed by atoms with E-state index >= 15 is 0 Å². The Morgan fingerprint density at radius 1 is 1.31 bits per heavy atom. The van der Waals surface area contributed by atoms with Crippen molar-refractivity contribution in [3.8, 4) is 0 Å². The zero-order valence-electron chi connectivity index (χ0n) is 9.13. The molecule has 2 N–H and O–H groups in total. The van der Waals surface area contributed by atoms with Gasteiger partial charge in [0.1, 0.15) is 0 Å². The average molecular weight is 227 g/mol. The number of rotatable bonds is 4. The van der Waals surface area contributed by atoms with E-state index in [1.165, 1.54) is 0 Å². The van der Waals surface area contributed by atoms with Crippen LogP contribution in [0.5, 0.6) is 0 Å². The number of amides is 1. The Hall–Kier alpha value is -1.36. The van der Waals surface area contributed by atoms with Gasteiger partial charge in [0, 0.05) is 31.3 Å². The lowest BCUT2D eigenvalue weighted by Gasteiger charge is -2.34. The van der Waals surface area contributed by atoms with Crippen LogP contribution in [0.4, 0.5) is 0 Å². The van der Waals surface area contributed by atoms with Crippen LogP contribution >= 0.6 is 0 Å². The highest BCUT2D eigenvalue weighted by molar-refractivity contribution is 5.94. The minimum Gasteiger partial charge on any atom is -0.478 e. The molecule has 1 unspecified atom stereocenters. The van der Waals surface area contributed by atoms with Gasteiger partial charge < -0.3 is 15.1 Å². The lowest BCUT2D eigenvalue weighted by atomic mass is 9.99. The molecule has 1 heterocycles. The molecule has 1 fully saturated rings. The van der Waals surface area contributed by atoms with E-state index in [0.29, 0.717) is 13.0 Å². The van der Waals surface area contributed by atoms with Gasteiger partial charge >= 0.3 is 5.97 Å². The van der Waals surface area contributed by atoms with E-state index in [0.717, 1.165) is 31.4 Å². The Bertz CT molecular complexity index is 286. The van der Waals surface area contributed by atoms with Crippen molar-refractivity contribution in [3.05, 3.63) is 12.2 Å². The van der Waals surface area contributed by atoms with E-state index in [2.05, 4.69) is 0 Å². The Kier molecular flexibility index (Phi) is 4.98. The highest BCUT2D eigenvalue weighted by Gasteiger charge is 2.24. The zero-order chi connectivity index (χ0) is 12.0. The first-order valence-electron chi connectivity index (χ1n) is 5.47. The van der Waals surface area contributed by atoms with Crippen LogP contribution in [-0.2, 0) is 9.59 Å². The number of aliphatic hydroxyl groups is 1. The molecule has 5 heteroatoms. The molecule has 0 aliphatic carbocycles. The molecule has 1 aliphatic heterocycles. The molecular weight excluding hydrogens is 210 g/mol. The molecule has 1 amide bonds. The number of hydrogen-bond donors (Lipinski definition) is 2. The van der Waals surface area contributed by atoms with Crippen LogP contribution < -0.4 is 0 Å². The van der Waals surface area contributed by atoms with E-state index in [1.54, 1.807) is 4.90 Å². The van der Waals surface area contributed by atoms with E-state index in [1.807, 2.05) is 0 Å². The first kappa shape index (κ1) is 12.7. The third-order valence-corrected chi connectivity index (χ3v) is 2.74. The van der Waals surface area contributed by atoms with Crippen LogP contribution in [0, 0.1) is 0 Å². The molecule has 0 radical (unpaired) electrons. The van der Waals surface area contributed by atoms with Crippen molar-refractivity contribution in [2.75, 3.05) is 13.2 Å². The SMILES string of the molecule is O=C(O)C=CC(=O)N1CCCCC1CCO. The van der Waals surface area contributed by atoms with Crippen LogP contribution in [0.2, 0.25) is 0 Å². The summed E-state index contributed by atoms with van der Waals surface area (Å²) in [6.07, 6.45) is 5.37. The van der Waals surface area contributed by atoms with Gasteiger partial charge in [-0.05, 0) is 25.7 Å². The molecule has 0 spiro atoms. The van der Waals surface area contributed by atoms with Crippen molar-refractivity contribution in [1.82, 2.24) is 4.90 Å². The molecule has 0 aromatic rings. The number of aliphatic hydroxyl groups excluding tert-OH is 1. The van der Waals surface area contributed by atoms with Gasteiger partial charge in [-0.2, -0.15) is 0 Å². The Morgan fingerprint density at radius 3 is 2.69 bits per heavy atom. The Morgan fingerprint density at radius 2 is 2.06 bits per heavy atom. The third kappa shape index (κ3) is 3.66. The Labute approximate surface area is 94.4 Å². The van der Waals surface area contributed by atoms with Crippen LogP contribution in [0.15, 0.2) is 12.2 Å². The summed E-state index contributed by atoms with van der Waals surface area (Å²) in [4.78, 5) is 23.6. The predicted molar refractivity (Wildman–Crippen MR) is 57.8 cm³/mol. The number of carbonyl (C=O) groups excluding carboxylic acids is 1. The van der Waals surface area contributed by atoms with E-state index < -0.39 is 5.97 Å². The molecule has 0 bridgehead atoms. The third-order valence-electron chi connectivity index (χ3n) is 2.74.